The second-order valence-corrected chi connectivity index (χ2v) is 5.92. The summed E-state index contributed by atoms with van der Waals surface area (Å²) in [5, 5.41) is 0. The van der Waals surface area contributed by atoms with Crippen LogP contribution in [0.25, 0.3) is 0 Å². The summed E-state index contributed by atoms with van der Waals surface area (Å²) in [6, 6.07) is 7.99. The Morgan fingerprint density at radius 1 is 1.27 bits per heavy atom. The molecule has 120 valence electrons. The molecule has 1 amide bonds. The lowest BCUT2D eigenvalue weighted by atomic mass is 10.0. The van der Waals surface area contributed by atoms with Gasteiger partial charge in [-0.2, -0.15) is 0 Å². The molecule has 22 heavy (non-hydrogen) atoms. The smallest absolute Gasteiger partial charge is 0.240 e. The monoisotopic (exact) mass is 304 g/mol. The van der Waals surface area contributed by atoms with Gasteiger partial charge in [0.25, 0.3) is 0 Å². The average molecular weight is 304 g/mol. The van der Waals surface area contributed by atoms with Crippen LogP contribution < -0.4 is 4.74 Å². The van der Waals surface area contributed by atoms with E-state index in [-0.39, 0.29) is 11.9 Å². The number of piperidine rings is 1. The first kappa shape index (κ1) is 15.3. The summed E-state index contributed by atoms with van der Waals surface area (Å²) in [5.41, 5.74) is 1.12. The number of carbonyl (C=O) groups excluding carboxylic acids is 1. The number of morpholine rings is 1. The maximum absolute atomic E-state index is 12.8. The third kappa shape index (κ3) is 3.42. The zero-order valence-electron chi connectivity index (χ0n) is 13.2. The molecule has 3 rings (SSSR count). The number of ether oxygens (including phenoxy) is 2. The second-order valence-electron chi connectivity index (χ2n) is 5.92. The molecule has 1 aromatic carbocycles. The molecule has 0 aromatic heterocycles. The number of rotatable bonds is 4. The van der Waals surface area contributed by atoms with Crippen molar-refractivity contribution < 1.29 is 14.3 Å². The fraction of sp³-hybridized carbons (Fsp3) is 0.588. The summed E-state index contributed by atoms with van der Waals surface area (Å²) in [7, 11) is 1.67. The Balaban J connectivity index is 1.66. The molecule has 5 nitrogen and oxygen atoms in total. The van der Waals surface area contributed by atoms with Crippen LogP contribution in [-0.2, 0) is 16.1 Å². The third-order valence-electron chi connectivity index (χ3n) is 4.50. The number of methoxy groups -OCH3 is 1. The highest BCUT2D eigenvalue weighted by Crippen LogP contribution is 2.21. The van der Waals surface area contributed by atoms with Crippen molar-refractivity contribution in [2.45, 2.75) is 25.4 Å². The van der Waals surface area contributed by atoms with Crippen LogP contribution in [-0.4, -0.2) is 61.7 Å². The van der Waals surface area contributed by atoms with Crippen molar-refractivity contribution in [2.75, 3.05) is 40.0 Å². The van der Waals surface area contributed by atoms with Gasteiger partial charge in [-0.1, -0.05) is 12.1 Å². The molecule has 0 saturated carbocycles. The van der Waals surface area contributed by atoms with Gasteiger partial charge in [0.2, 0.25) is 5.91 Å². The number of hydrogen-bond donors (Lipinski definition) is 0. The minimum atomic E-state index is 0.0308. The molecular weight excluding hydrogens is 280 g/mol. The van der Waals surface area contributed by atoms with Crippen molar-refractivity contribution in [3.8, 4) is 5.75 Å². The zero-order chi connectivity index (χ0) is 15.4. The van der Waals surface area contributed by atoms with Crippen molar-refractivity contribution in [3.05, 3.63) is 29.8 Å². The highest BCUT2D eigenvalue weighted by atomic mass is 16.5. The predicted octanol–water partition coefficient (Wildman–Crippen LogP) is 1.52. The lowest BCUT2D eigenvalue weighted by molar-refractivity contribution is -0.142. The van der Waals surface area contributed by atoms with E-state index in [4.69, 9.17) is 9.47 Å². The summed E-state index contributed by atoms with van der Waals surface area (Å²) in [5.74, 6) is 1.10. The Morgan fingerprint density at radius 3 is 2.86 bits per heavy atom. The van der Waals surface area contributed by atoms with Crippen LogP contribution in [0.15, 0.2) is 24.3 Å². The van der Waals surface area contributed by atoms with Gasteiger partial charge in [-0.15, -0.1) is 0 Å². The molecule has 5 heteroatoms. The van der Waals surface area contributed by atoms with E-state index in [9.17, 15) is 4.79 Å². The van der Waals surface area contributed by atoms with Gasteiger partial charge in [-0.3, -0.25) is 9.69 Å². The van der Waals surface area contributed by atoms with Crippen molar-refractivity contribution >= 4 is 5.91 Å². The molecule has 2 saturated heterocycles. The quantitative estimate of drug-likeness (QED) is 0.846. The van der Waals surface area contributed by atoms with Crippen molar-refractivity contribution in [2.24, 2.45) is 0 Å². The van der Waals surface area contributed by atoms with Crippen LogP contribution in [0.1, 0.15) is 18.4 Å². The average Bonchev–Trinajstić information content (AvgIpc) is 2.58. The molecular formula is C17H24N2O3. The minimum Gasteiger partial charge on any atom is -0.497 e. The molecule has 2 heterocycles. The van der Waals surface area contributed by atoms with Crippen molar-refractivity contribution in [1.29, 1.82) is 0 Å². The summed E-state index contributed by atoms with van der Waals surface area (Å²) in [6.07, 6.45) is 2.03. The maximum atomic E-state index is 12.8. The van der Waals surface area contributed by atoms with E-state index in [1.165, 1.54) is 0 Å². The number of hydrogen-bond acceptors (Lipinski definition) is 4. The lowest BCUT2D eigenvalue weighted by Gasteiger charge is -2.40. The Morgan fingerprint density at radius 2 is 2.09 bits per heavy atom. The maximum Gasteiger partial charge on any atom is 0.240 e. The van der Waals surface area contributed by atoms with Crippen molar-refractivity contribution in [1.82, 2.24) is 9.80 Å². The summed E-state index contributed by atoms with van der Waals surface area (Å²) < 4.78 is 10.7. The van der Waals surface area contributed by atoms with Gasteiger partial charge >= 0.3 is 0 Å². The fourth-order valence-corrected chi connectivity index (χ4v) is 3.30. The van der Waals surface area contributed by atoms with E-state index in [1.807, 2.05) is 29.2 Å². The van der Waals surface area contributed by atoms with Gasteiger partial charge in [0, 0.05) is 26.2 Å². The lowest BCUT2D eigenvalue weighted by Crippen LogP contribution is -2.54. The minimum absolute atomic E-state index is 0.0308. The molecule has 1 atom stereocenters. The SMILES string of the molecule is COc1cccc(CN2CCCC(N3CCOCC3)C2=O)c1. The largest absolute Gasteiger partial charge is 0.497 e. The molecule has 0 bridgehead atoms. The van der Waals surface area contributed by atoms with E-state index < -0.39 is 0 Å². The van der Waals surface area contributed by atoms with Crippen LogP contribution in [0.2, 0.25) is 0 Å². The highest BCUT2D eigenvalue weighted by Gasteiger charge is 2.33. The standard InChI is InChI=1S/C17H24N2O3/c1-21-15-5-2-4-14(12-15)13-19-7-3-6-16(17(19)20)18-8-10-22-11-9-18/h2,4-5,12,16H,3,6-11,13H2,1H3. The van der Waals surface area contributed by atoms with Gasteiger partial charge < -0.3 is 14.4 Å². The molecule has 1 aromatic rings. The molecule has 0 aliphatic carbocycles. The van der Waals surface area contributed by atoms with Gasteiger partial charge in [0.15, 0.2) is 0 Å². The Labute approximate surface area is 131 Å². The molecule has 2 fully saturated rings. The first-order valence-corrected chi connectivity index (χ1v) is 8.01. The van der Waals surface area contributed by atoms with Crippen LogP contribution in [0.4, 0.5) is 0 Å². The second kappa shape index (κ2) is 7.11. The van der Waals surface area contributed by atoms with E-state index in [2.05, 4.69) is 4.90 Å². The van der Waals surface area contributed by atoms with Crippen LogP contribution >= 0.6 is 0 Å². The van der Waals surface area contributed by atoms with E-state index in [0.29, 0.717) is 6.54 Å². The van der Waals surface area contributed by atoms with E-state index in [1.54, 1.807) is 7.11 Å². The predicted molar refractivity (Wildman–Crippen MR) is 83.8 cm³/mol. The fourth-order valence-electron chi connectivity index (χ4n) is 3.30. The van der Waals surface area contributed by atoms with Gasteiger partial charge in [-0.05, 0) is 30.5 Å². The molecule has 0 spiro atoms. The third-order valence-corrected chi connectivity index (χ3v) is 4.50. The van der Waals surface area contributed by atoms with Gasteiger partial charge in [0.05, 0.1) is 26.4 Å². The molecule has 2 aliphatic heterocycles. The van der Waals surface area contributed by atoms with Gasteiger partial charge in [-0.25, -0.2) is 0 Å². The van der Waals surface area contributed by atoms with E-state index >= 15 is 0 Å². The summed E-state index contributed by atoms with van der Waals surface area (Å²) >= 11 is 0. The highest BCUT2D eigenvalue weighted by molar-refractivity contribution is 5.82. The number of nitrogens with zero attached hydrogens (tertiary/aromatic N) is 2. The number of amides is 1. The van der Waals surface area contributed by atoms with E-state index in [0.717, 1.165) is 57.0 Å². The summed E-state index contributed by atoms with van der Waals surface area (Å²) in [4.78, 5) is 17.1. The van der Waals surface area contributed by atoms with Crippen LogP contribution in [0, 0.1) is 0 Å². The number of likely N-dealkylation sites (tertiary alicyclic amines) is 1. The van der Waals surface area contributed by atoms with Crippen molar-refractivity contribution in [3.63, 3.8) is 0 Å². The summed E-state index contributed by atoms with van der Waals surface area (Å²) in [6.45, 7) is 4.71. The zero-order valence-corrected chi connectivity index (χ0v) is 13.2. The van der Waals surface area contributed by atoms with Crippen LogP contribution in [0.5, 0.6) is 5.75 Å². The normalized spacial score (nSPS) is 23.6. The van der Waals surface area contributed by atoms with Gasteiger partial charge in [0.1, 0.15) is 5.75 Å². The Hall–Kier alpha value is -1.59. The molecule has 1 unspecified atom stereocenters. The topological polar surface area (TPSA) is 42.0 Å². The Kier molecular flexibility index (Phi) is 4.95. The number of carbonyl (C=O) groups is 1. The molecule has 2 aliphatic rings. The Bertz CT molecular complexity index is 514. The molecule has 0 N–H and O–H groups in total. The first-order chi connectivity index (χ1) is 10.8. The number of benzene rings is 1. The first-order valence-electron chi connectivity index (χ1n) is 8.01. The van der Waals surface area contributed by atoms with Crippen LogP contribution in [0.3, 0.4) is 0 Å². The molecule has 0 radical (unpaired) electrons.